The Labute approximate surface area is 214 Å². The molecule has 0 unspecified atom stereocenters. The van der Waals surface area contributed by atoms with Crippen molar-refractivity contribution in [2.45, 2.75) is 25.7 Å². The molecular weight excluding hydrogens is 467 g/mol. The Morgan fingerprint density at radius 2 is 0.933 bits per heavy atom. The number of halogens is 3. The summed E-state index contributed by atoms with van der Waals surface area (Å²) < 4.78 is 0. The van der Waals surface area contributed by atoms with Gasteiger partial charge in [0.2, 0.25) is 0 Å². The van der Waals surface area contributed by atoms with Crippen LogP contribution in [-0.4, -0.2) is 0 Å². The van der Waals surface area contributed by atoms with Crippen LogP contribution in [0.25, 0.3) is 0 Å². The van der Waals surface area contributed by atoms with Crippen LogP contribution in [-0.2, 0) is 27.1 Å². The number of hydrogen-bond donors (Lipinski definition) is 0. The molecule has 1 aliphatic carbocycles. The van der Waals surface area contributed by atoms with E-state index < -0.39 is 0 Å². The molecule has 4 heteroatoms. The smallest absolute Gasteiger partial charge is 1.00 e. The summed E-state index contributed by atoms with van der Waals surface area (Å²) in [7, 11) is 0. The first-order valence-electron chi connectivity index (χ1n) is 9.19. The van der Waals surface area contributed by atoms with Gasteiger partial charge in [0.25, 0.3) is 0 Å². The molecule has 0 heterocycles. The first-order valence-corrected chi connectivity index (χ1v) is 9.19. The van der Waals surface area contributed by atoms with E-state index in [9.17, 15) is 0 Å². The van der Waals surface area contributed by atoms with Crippen LogP contribution in [0.5, 0.6) is 0 Å². The maximum atomic E-state index is 3.74. The fraction of sp³-hybridized carbons (Fsp3) is 0.154. The second-order valence-corrected chi connectivity index (χ2v) is 7.03. The molecule has 0 aromatic heterocycles. The summed E-state index contributed by atoms with van der Waals surface area (Å²) in [4.78, 5) is 0. The molecule has 0 bridgehead atoms. The van der Waals surface area contributed by atoms with E-state index in [4.69, 9.17) is 0 Å². The Hall–Kier alpha value is -1.28. The quantitative estimate of drug-likeness (QED) is 0.216. The maximum Gasteiger partial charge on any atom is 4.00 e. The van der Waals surface area contributed by atoms with Crippen LogP contribution in [0.3, 0.4) is 0 Å². The molecule has 1 aliphatic rings. The number of hydrogen-bond acceptors (Lipinski definition) is 0. The van der Waals surface area contributed by atoms with Gasteiger partial charge in [-0.05, 0) is 16.7 Å². The van der Waals surface area contributed by atoms with Gasteiger partial charge in [0.05, 0.1) is 0 Å². The van der Waals surface area contributed by atoms with E-state index in [1.54, 1.807) is 0 Å². The summed E-state index contributed by atoms with van der Waals surface area (Å²) in [5, 5.41) is 0. The summed E-state index contributed by atoms with van der Waals surface area (Å²) in [5.41, 5.74) is 7.57. The fourth-order valence-electron chi connectivity index (χ4n) is 4.09. The molecule has 4 rings (SSSR count). The van der Waals surface area contributed by atoms with Gasteiger partial charge in [0, 0.05) is 5.41 Å². The van der Waals surface area contributed by atoms with Crippen LogP contribution >= 0.6 is 0 Å². The van der Waals surface area contributed by atoms with Crippen LogP contribution in [0.15, 0.2) is 108 Å². The third kappa shape index (κ3) is 5.13. The zero-order valence-electron chi connectivity index (χ0n) is 17.0. The van der Waals surface area contributed by atoms with Gasteiger partial charge < -0.3 is 37.2 Å². The summed E-state index contributed by atoms with van der Waals surface area (Å²) in [5.74, 6) is 0. The van der Waals surface area contributed by atoms with Crippen molar-refractivity contribution in [2.75, 3.05) is 0 Å². The van der Waals surface area contributed by atoms with Gasteiger partial charge in [-0.25, -0.2) is 17.2 Å². The molecule has 0 saturated carbocycles. The van der Waals surface area contributed by atoms with E-state index >= 15 is 0 Å². The van der Waals surface area contributed by atoms with Gasteiger partial charge in [0.15, 0.2) is 0 Å². The molecule has 0 nitrogen and oxygen atoms in total. The Kier molecular flexibility index (Phi) is 12.0. The van der Waals surface area contributed by atoms with E-state index in [0.717, 1.165) is 6.42 Å². The van der Waals surface area contributed by atoms with Crippen LogP contribution in [0.1, 0.15) is 37.0 Å². The molecule has 0 fully saturated rings. The number of allylic oxidation sites excluding steroid dienone is 4. The molecule has 0 aliphatic heterocycles. The zero-order chi connectivity index (χ0) is 18.0. The van der Waals surface area contributed by atoms with E-state index in [2.05, 4.69) is 111 Å². The first-order chi connectivity index (χ1) is 12.7. The molecule has 3 aromatic carbocycles. The Morgan fingerprint density at radius 3 is 1.20 bits per heavy atom. The Morgan fingerprint density at radius 1 is 0.600 bits per heavy atom. The van der Waals surface area contributed by atoms with Crippen LogP contribution in [0, 0.1) is 6.08 Å². The van der Waals surface area contributed by atoms with Crippen LogP contribution in [0.2, 0.25) is 0 Å². The van der Waals surface area contributed by atoms with E-state index in [0.29, 0.717) is 0 Å². The van der Waals surface area contributed by atoms with Gasteiger partial charge in [-0.3, -0.25) is 0 Å². The van der Waals surface area contributed by atoms with Gasteiger partial charge in [-0.15, -0.1) is 6.92 Å². The van der Waals surface area contributed by atoms with Crippen molar-refractivity contribution in [2.24, 2.45) is 0 Å². The zero-order valence-corrected chi connectivity index (χ0v) is 20.8. The van der Waals surface area contributed by atoms with Gasteiger partial charge in [-0.1, -0.05) is 104 Å². The van der Waals surface area contributed by atoms with E-state index in [1.165, 1.54) is 33.4 Å². The average molecular weight is 490 g/mol. The third-order valence-electron chi connectivity index (χ3n) is 5.49. The molecule has 152 valence electrons. The fourth-order valence-corrected chi connectivity index (χ4v) is 4.09. The molecule has 0 atom stereocenters. The SMILES string of the molecule is CC1=C(C)CC(C(c2ccccc2)(c2ccccc2)c2ccccc2)=[C-]1.[Cl-].[Cl-].[Cl-].[Ti+4]. The minimum atomic E-state index is -0.317. The predicted molar refractivity (Wildman–Crippen MR) is 109 cm³/mol. The molecule has 0 saturated heterocycles. The van der Waals surface area contributed by atoms with Crippen LogP contribution < -0.4 is 37.2 Å². The minimum absolute atomic E-state index is 0. The van der Waals surface area contributed by atoms with Crippen molar-refractivity contribution < 1.29 is 58.9 Å². The van der Waals surface area contributed by atoms with Gasteiger partial charge >= 0.3 is 21.7 Å². The van der Waals surface area contributed by atoms with Crippen molar-refractivity contribution in [3.05, 3.63) is 130 Å². The summed E-state index contributed by atoms with van der Waals surface area (Å²) in [6.45, 7) is 4.40. The van der Waals surface area contributed by atoms with Crippen molar-refractivity contribution >= 4 is 0 Å². The summed E-state index contributed by atoms with van der Waals surface area (Å²) in [6.07, 6.45) is 4.70. The van der Waals surface area contributed by atoms with Crippen molar-refractivity contribution in [1.82, 2.24) is 0 Å². The summed E-state index contributed by atoms with van der Waals surface area (Å²) in [6, 6.07) is 32.6. The van der Waals surface area contributed by atoms with Crippen molar-refractivity contribution in [1.29, 1.82) is 0 Å². The molecule has 0 N–H and O–H groups in total. The molecule has 0 amide bonds. The minimum Gasteiger partial charge on any atom is -1.00 e. The van der Waals surface area contributed by atoms with Crippen molar-refractivity contribution in [3.63, 3.8) is 0 Å². The third-order valence-corrected chi connectivity index (χ3v) is 5.49. The van der Waals surface area contributed by atoms with E-state index in [1.807, 2.05) is 0 Å². The van der Waals surface area contributed by atoms with Gasteiger partial charge in [0.1, 0.15) is 0 Å². The standard InChI is InChI=1S/C26H23.3ClH.Ti/c1-20-18-25(19-21(20)2)26(22-12-6-3-7-13-22,23-14-8-4-9-15-23)24-16-10-5-11-17-24;;;;/h3-17H,18H2,1-2H3;3*1H;/q-1;;;;+4/p-3. The molecule has 0 radical (unpaired) electrons. The van der Waals surface area contributed by atoms with Gasteiger partial charge in [-0.2, -0.15) is 5.57 Å². The number of benzene rings is 3. The molecule has 3 aromatic rings. The first kappa shape index (κ1) is 28.7. The largest absolute Gasteiger partial charge is 4.00 e. The monoisotopic (exact) mass is 488 g/mol. The topological polar surface area (TPSA) is 0 Å². The average Bonchev–Trinajstić information content (AvgIpc) is 3.04. The number of rotatable bonds is 4. The van der Waals surface area contributed by atoms with Crippen LogP contribution in [0.4, 0.5) is 0 Å². The molecular formula is C26H23Cl3Ti. The molecule has 0 spiro atoms. The second kappa shape index (κ2) is 12.5. The maximum absolute atomic E-state index is 3.74. The molecule has 30 heavy (non-hydrogen) atoms. The van der Waals surface area contributed by atoms with Crippen molar-refractivity contribution in [3.8, 4) is 0 Å². The Bertz CT molecular complexity index is 868. The predicted octanol–water partition coefficient (Wildman–Crippen LogP) is -2.50. The normalized spacial score (nSPS) is 12.5. The summed E-state index contributed by atoms with van der Waals surface area (Å²) >= 11 is 0. The van der Waals surface area contributed by atoms with E-state index in [-0.39, 0.29) is 64.4 Å². The Balaban J connectivity index is 0.00000210. The second-order valence-electron chi connectivity index (χ2n) is 7.03.